The van der Waals surface area contributed by atoms with Crippen molar-refractivity contribution in [1.82, 2.24) is 0 Å². The van der Waals surface area contributed by atoms with Gasteiger partial charge in [-0.1, -0.05) is 41.4 Å². The van der Waals surface area contributed by atoms with Crippen LogP contribution in [0.5, 0.6) is 0 Å². The number of benzene rings is 2. The number of anilines is 2. The number of halogens is 2. The van der Waals surface area contributed by atoms with Crippen LogP contribution >= 0.6 is 23.2 Å². The Balaban J connectivity index is 2.35. The summed E-state index contributed by atoms with van der Waals surface area (Å²) in [6, 6.07) is 11.0. The maximum absolute atomic E-state index is 6.13. The number of hydrogen-bond donors (Lipinski definition) is 2. The van der Waals surface area contributed by atoms with E-state index in [9.17, 15) is 0 Å². The van der Waals surface area contributed by atoms with Gasteiger partial charge in [0.1, 0.15) is 0 Å². The zero-order chi connectivity index (χ0) is 12.4. The molecule has 2 nitrogen and oxygen atoms in total. The molecule has 2 rings (SSSR count). The third-order valence-corrected chi connectivity index (χ3v) is 3.38. The molecule has 0 aromatic heterocycles. The molecule has 17 heavy (non-hydrogen) atoms. The van der Waals surface area contributed by atoms with Gasteiger partial charge in [-0.25, -0.2) is 0 Å². The van der Waals surface area contributed by atoms with Gasteiger partial charge in [0.2, 0.25) is 0 Å². The quantitative estimate of drug-likeness (QED) is 0.814. The molecule has 2 aromatic rings. The average Bonchev–Trinajstić information content (AvgIpc) is 2.28. The number of rotatable bonds is 2. The fourth-order valence-electron chi connectivity index (χ4n) is 1.65. The van der Waals surface area contributed by atoms with Gasteiger partial charge < -0.3 is 11.5 Å². The van der Waals surface area contributed by atoms with E-state index in [-0.39, 0.29) is 0 Å². The third kappa shape index (κ3) is 2.65. The molecule has 0 spiro atoms. The first-order valence-corrected chi connectivity index (χ1v) is 5.90. The summed E-state index contributed by atoms with van der Waals surface area (Å²) in [6.07, 6.45) is 0.642. The molecule has 88 valence electrons. The second-order valence-corrected chi connectivity index (χ2v) is 4.63. The number of nitrogen functional groups attached to an aromatic ring is 2. The summed E-state index contributed by atoms with van der Waals surface area (Å²) in [5.41, 5.74) is 14.6. The van der Waals surface area contributed by atoms with Crippen molar-refractivity contribution in [1.29, 1.82) is 0 Å². The Morgan fingerprint density at radius 1 is 0.941 bits per heavy atom. The first kappa shape index (κ1) is 12.1. The van der Waals surface area contributed by atoms with Gasteiger partial charge in [0.05, 0.1) is 10.7 Å². The summed E-state index contributed by atoms with van der Waals surface area (Å²) >= 11 is 12.3. The van der Waals surface area contributed by atoms with Gasteiger partial charge in [-0.05, 0) is 29.3 Å². The minimum atomic E-state index is 0.579. The molecule has 0 aliphatic rings. The summed E-state index contributed by atoms with van der Waals surface area (Å²) in [5.74, 6) is 0. The maximum atomic E-state index is 6.13. The van der Waals surface area contributed by atoms with E-state index in [1.807, 2.05) is 24.3 Å². The lowest BCUT2D eigenvalue weighted by Crippen LogP contribution is -1.95. The molecule has 0 aliphatic carbocycles. The van der Waals surface area contributed by atoms with Crippen LogP contribution in [-0.2, 0) is 6.42 Å². The summed E-state index contributed by atoms with van der Waals surface area (Å²) < 4.78 is 0. The Morgan fingerprint density at radius 3 is 2.41 bits per heavy atom. The Kier molecular flexibility index (Phi) is 3.46. The standard InChI is InChI=1S/C13H12Cl2N2/c14-11-7-10(16)5-4-8(11)6-9-2-1-3-12(17)13(9)15/h1-5,7H,6,16-17H2. The third-order valence-electron chi connectivity index (χ3n) is 2.57. The molecule has 0 unspecified atom stereocenters. The monoisotopic (exact) mass is 266 g/mol. The van der Waals surface area contributed by atoms with Crippen molar-refractivity contribution in [2.45, 2.75) is 6.42 Å². The van der Waals surface area contributed by atoms with Gasteiger partial charge in [0, 0.05) is 17.1 Å². The lowest BCUT2D eigenvalue weighted by molar-refractivity contribution is 1.20. The van der Waals surface area contributed by atoms with Crippen molar-refractivity contribution < 1.29 is 0 Å². The van der Waals surface area contributed by atoms with Crippen LogP contribution in [0.4, 0.5) is 11.4 Å². The van der Waals surface area contributed by atoms with E-state index in [0.29, 0.717) is 27.8 Å². The lowest BCUT2D eigenvalue weighted by Gasteiger charge is -2.08. The Labute approximate surface area is 110 Å². The zero-order valence-electron chi connectivity index (χ0n) is 9.08. The van der Waals surface area contributed by atoms with Crippen LogP contribution in [0.15, 0.2) is 36.4 Å². The Hall–Kier alpha value is -1.38. The fourth-order valence-corrected chi connectivity index (χ4v) is 2.10. The van der Waals surface area contributed by atoms with E-state index in [2.05, 4.69) is 0 Å². The van der Waals surface area contributed by atoms with E-state index in [1.54, 1.807) is 12.1 Å². The molecule has 0 fully saturated rings. The Bertz CT molecular complexity index is 553. The van der Waals surface area contributed by atoms with E-state index >= 15 is 0 Å². The average molecular weight is 267 g/mol. The fraction of sp³-hybridized carbons (Fsp3) is 0.0769. The largest absolute Gasteiger partial charge is 0.399 e. The predicted octanol–water partition coefficient (Wildman–Crippen LogP) is 3.75. The topological polar surface area (TPSA) is 52.0 Å². The number of nitrogens with two attached hydrogens (primary N) is 2. The van der Waals surface area contributed by atoms with Crippen molar-refractivity contribution in [2.24, 2.45) is 0 Å². The molecular formula is C13H12Cl2N2. The molecule has 0 atom stereocenters. The van der Waals surface area contributed by atoms with Crippen molar-refractivity contribution in [2.75, 3.05) is 11.5 Å². The van der Waals surface area contributed by atoms with Crippen molar-refractivity contribution in [3.05, 3.63) is 57.6 Å². The highest BCUT2D eigenvalue weighted by molar-refractivity contribution is 6.34. The maximum Gasteiger partial charge on any atom is 0.0670 e. The summed E-state index contributed by atoms with van der Waals surface area (Å²) in [4.78, 5) is 0. The molecule has 0 saturated heterocycles. The normalized spacial score (nSPS) is 10.5. The van der Waals surface area contributed by atoms with Crippen molar-refractivity contribution in [3.63, 3.8) is 0 Å². The highest BCUT2D eigenvalue weighted by atomic mass is 35.5. The summed E-state index contributed by atoms with van der Waals surface area (Å²) in [6.45, 7) is 0. The van der Waals surface area contributed by atoms with Crippen LogP contribution in [-0.4, -0.2) is 0 Å². The highest BCUT2D eigenvalue weighted by Gasteiger charge is 2.07. The summed E-state index contributed by atoms with van der Waals surface area (Å²) in [5, 5.41) is 1.23. The van der Waals surface area contributed by atoms with Crippen LogP contribution in [0.3, 0.4) is 0 Å². The molecule has 0 heterocycles. The van der Waals surface area contributed by atoms with E-state index in [4.69, 9.17) is 34.7 Å². The SMILES string of the molecule is Nc1ccc(Cc2cccc(N)c2Cl)c(Cl)c1. The van der Waals surface area contributed by atoms with Gasteiger partial charge in [-0.2, -0.15) is 0 Å². The molecule has 0 saturated carbocycles. The first-order valence-electron chi connectivity index (χ1n) is 5.14. The van der Waals surface area contributed by atoms with E-state index in [1.165, 1.54) is 0 Å². The predicted molar refractivity (Wildman–Crippen MR) is 74.5 cm³/mol. The number of hydrogen-bond acceptors (Lipinski definition) is 2. The van der Waals surface area contributed by atoms with Crippen LogP contribution in [0.1, 0.15) is 11.1 Å². The zero-order valence-corrected chi connectivity index (χ0v) is 10.6. The van der Waals surface area contributed by atoms with Crippen molar-refractivity contribution >= 4 is 34.6 Å². The van der Waals surface area contributed by atoms with Gasteiger partial charge in [-0.3, -0.25) is 0 Å². The smallest absolute Gasteiger partial charge is 0.0670 e. The molecule has 2 aromatic carbocycles. The molecule has 4 N–H and O–H groups in total. The van der Waals surface area contributed by atoms with Gasteiger partial charge in [0.15, 0.2) is 0 Å². The van der Waals surface area contributed by atoms with Crippen LogP contribution in [0.25, 0.3) is 0 Å². The molecular weight excluding hydrogens is 255 g/mol. The van der Waals surface area contributed by atoms with Gasteiger partial charge >= 0.3 is 0 Å². The van der Waals surface area contributed by atoms with Gasteiger partial charge in [-0.15, -0.1) is 0 Å². The van der Waals surface area contributed by atoms with Crippen LogP contribution in [0, 0.1) is 0 Å². The molecule has 4 heteroatoms. The molecule has 0 radical (unpaired) electrons. The second kappa shape index (κ2) is 4.86. The minimum absolute atomic E-state index is 0.579. The molecule has 0 amide bonds. The lowest BCUT2D eigenvalue weighted by atomic mass is 10.0. The minimum Gasteiger partial charge on any atom is -0.399 e. The first-order chi connectivity index (χ1) is 8.08. The van der Waals surface area contributed by atoms with Gasteiger partial charge in [0.25, 0.3) is 0 Å². The van der Waals surface area contributed by atoms with Crippen LogP contribution < -0.4 is 11.5 Å². The van der Waals surface area contributed by atoms with E-state index in [0.717, 1.165) is 11.1 Å². The highest BCUT2D eigenvalue weighted by Crippen LogP contribution is 2.28. The van der Waals surface area contributed by atoms with E-state index < -0.39 is 0 Å². The second-order valence-electron chi connectivity index (χ2n) is 3.85. The molecule has 0 aliphatic heterocycles. The van der Waals surface area contributed by atoms with Crippen LogP contribution in [0.2, 0.25) is 10.0 Å². The Morgan fingerprint density at radius 2 is 1.71 bits per heavy atom. The summed E-state index contributed by atoms with van der Waals surface area (Å²) in [7, 11) is 0. The van der Waals surface area contributed by atoms with Crippen molar-refractivity contribution in [3.8, 4) is 0 Å². The molecule has 0 bridgehead atoms.